The first-order valence-electron chi connectivity index (χ1n) is 6.50. The van der Waals surface area contributed by atoms with Crippen LogP contribution in [0.15, 0.2) is 0 Å². The molecular weight excluding hydrogens is 252 g/mol. The zero-order valence-corrected chi connectivity index (χ0v) is 12.1. The Balaban J connectivity index is 2.68. The lowest BCUT2D eigenvalue weighted by atomic mass is 10.3. The second kappa shape index (κ2) is 8.08. The zero-order valence-electron chi connectivity index (χ0n) is 11.3. The van der Waals surface area contributed by atoms with Crippen LogP contribution in [0.1, 0.15) is 40.0 Å². The van der Waals surface area contributed by atoms with Gasteiger partial charge in [-0.3, -0.25) is 0 Å². The molecule has 1 aromatic rings. The van der Waals surface area contributed by atoms with Crippen molar-refractivity contribution in [3.05, 3.63) is 5.28 Å². The number of hydrogen-bond acceptors (Lipinski definition) is 5. The average Bonchev–Trinajstić information content (AvgIpc) is 2.36. The lowest BCUT2D eigenvalue weighted by Crippen LogP contribution is -2.24. The molecule has 0 aliphatic rings. The molecule has 0 aromatic carbocycles. The Morgan fingerprint density at radius 3 is 2.39 bits per heavy atom. The number of halogens is 1. The van der Waals surface area contributed by atoms with E-state index in [1.807, 2.05) is 18.7 Å². The molecule has 0 N–H and O–H groups in total. The van der Waals surface area contributed by atoms with E-state index in [0.717, 1.165) is 32.4 Å². The third-order valence-corrected chi connectivity index (χ3v) is 2.77. The third-order valence-electron chi connectivity index (χ3n) is 2.60. The molecular formula is C12H21ClN4O. The van der Waals surface area contributed by atoms with Crippen molar-refractivity contribution in [2.75, 3.05) is 24.6 Å². The molecule has 0 saturated carbocycles. The quantitative estimate of drug-likeness (QED) is 0.681. The van der Waals surface area contributed by atoms with E-state index in [1.165, 1.54) is 0 Å². The van der Waals surface area contributed by atoms with Crippen molar-refractivity contribution in [1.82, 2.24) is 15.0 Å². The second-order valence-electron chi connectivity index (χ2n) is 3.91. The summed E-state index contributed by atoms with van der Waals surface area (Å²) < 4.78 is 5.50. The molecule has 0 aliphatic carbocycles. The molecule has 18 heavy (non-hydrogen) atoms. The highest BCUT2D eigenvalue weighted by Crippen LogP contribution is 2.15. The van der Waals surface area contributed by atoms with Crippen molar-refractivity contribution in [3.63, 3.8) is 0 Å². The predicted octanol–water partition coefficient (Wildman–Crippen LogP) is 2.94. The van der Waals surface area contributed by atoms with Crippen LogP contribution in [-0.4, -0.2) is 34.6 Å². The Labute approximate surface area is 114 Å². The van der Waals surface area contributed by atoms with E-state index in [1.54, 1.807) is 0 Å². The Hall–Kier alpha value is -1.10. The van der Waals surface area contributed by atoms with Crippen LogP contribution >= 0.6 is 11.6 Å². The average molecular weight is 273 g/mol. The summed E-state index contributed by atoms with van der Waals surface area (Å²) in [6.07, 6.45) is 3.30. The second-order valence-corrected chi connectivity index (χ2v) is 4.25. The smallest absolute Gasteiger partial charge is 0.322 e. The standard InChI is InChI=1S/C12H21ClN4O/c1-4-7-8-9-18-12-15-10(13)14-11(16-12)17(5-2)6-3/h4-9H2,1-3H3. The maximum Gasteiger partial charge on any atom is 0.322 e. The molecule has 0 saturated heterocycles. The first-order chi connectivity index (χ1) is 8.71. The molecule has 1 heterocycles. The predicted molar refractivity (Wildman–Crippen MR) is 73.4 cm³/mol. The van der Waals surface area contributed by atoms with Crippen LogP contribution in [0, 0.1) is 0 Å². The van der Waals surface area contributed by atoms with E-state index in [2.05, 4.69) is 21.9 Å². The molecule has 0 unspecified atom stereocenters. The Bertz CT molecular complexity index is 358. The van der Waals surface area contributed by atoms with E-state index in [9.17, 15) is 0 Å². The summed E-state index contributed by atoms with van der Waals surface area (Å²) in [6, 6.07) is 0.313. The summed E-state index contributed by atoms with van der Waals surface area (Å²) >= 11 is 5.88. The molecule has 0 radical (unpaired) electrons. The van der Waals surface area contributed by atoms with Gasteiger partial charge < -0.3 is 9.64 Å². The van der Waals surface area contributed by atoms with Gasteiger partial charge in [-0.2, -0.15) is 15.0 Å². The van der Waals surface area contributed by atoms with Crippen LogP contribution < -0.4 is 9.64 Å². The maximum atomic E-state index is 5.88. The van der Waals surface area contributed by atoms with Crippen molar-refractivity contribution in [3.8, 4) is 6.01 Å². The number of rotatable bonds is 8. The molecule has 0 atom stereocenters. The molecule has 102 valence electrons. The lowest BCUT2D eigenvalue weighted by Gasteiger charge is -2.18. The van der Waals surface area contributed by atoms with Crippen LogP contribution in [0.3, 0.4) is 0 Å². The summed E-state index contributed by atoms with van der Waals surface area (Å²) in [7, 11) is 0. The molecule has 0 fully saturated rings. The molecule has 5 nitrogen and oxygen atoms in total. The number of anilines is 1. The minimum absolute atomic E-state index is 0.178. The summed E-state index contributed by atoms with van der Waals surface area (Å²) in [5, 5.41) is 0.178. The highest BCUT2D eigenvalue weighted by molar-refractivity contribution is 6.28. The number of aromatic nitrogens is 3. The van der Waals surface area contributed by atoms with Crippen molar-refractivity contribution in [2.45, 2.75) is 40.0 Å². The molecule has 1 rings (SSSR count). The summed E-state index contributed by atoms with van der Waals surface area (Å²) in [5.41, 5.74) is 0. The van der Waals surface area contributed by atoms with Crippen LogP contribution in [-0.2, 0) is 0 Å². The largest absolute Gasteiger partial charge is 0.463 e. The molecule has 6 heteroatoms. The highest BCUT2D eigenvalue weighted by atomic mass is 35.5. The Morgan fingerprint density at radius 2 is 1.78 bits per heavy atom. The Morgan fingerprint density at radius 1 is 1.06 bits per heavy atom. The van der Waals surface area contributed by atoms with Crippen LogP contribution in [0.25, 0.3) is 0 Å². The van der Waals surface area contributed by atoms with Crippen LogP contribution in [0.2, 0.25) is 5.28 Å². The third kappa shape index (κ3) is 4.64. The van der Waals surface area contributed by atoms with Gasteiger partial charge in [0.15, 0.2) is 0 Å². The first kappa shape index (κ1) is 15.0. The SMILES string of the molecule is CCCCCOc1nc(Cl)nc(N(CC)CC)n1. The number of hydrogen-bond donors (Lipinski definition) is 0. The van der Waals surface area contributed by atoms with E-state index < -0.39 is 0 Å². The lowest BCUT2D eigenvalue weighted by molar-refractivity contribution is 0.282. The Kier molecular flexibility index (Phi) is 6.72. The normalized spacial score (nSPS) is 10.4. The first-order valence-corrected chi connectivity index (χ1v) is 6.88. The van der Waals surface area contributed by atoms with Gasteiger partial charge in [0, 0.05) is 13.1 Å². The van der Waals surface area contributed by atoms with Gasteiger partial charge in [-0.25, -0.2) is 0 Å². The van der Waals surface area contributed by atoms with Gasteiger partial charge in [0.05, 0.1) is 6.61 Å². The van der Waals surface area contributed by atoms with Gasteiger partial charge in [0.1, 0.15) is 0 Å². The van der Waals surface area contributed by atoms with Gasteiger partial charge >= 0.3 is 6.01 Å². The minimum Gasteiger partial charge on any atom is -0.463 e. The summed E-state index contributed by atoms with van der Waals surface area (Å²) in [6.45, 7) is 8.51. The minimum atomic E-state index is 0.178. The number of nitrogens with zero attached hydrogens (tertiary/aromatic N) is 4. The molecule has 0 bridgehead atoms. The van der Waals surface area contributed by atoms with Crippen molar-refractivity contribution in [2.24, 2.45) is 0 Å². The fraction of sp³-hybridized carbons (Fsp3) is 0.750. The van der Waals surface area contributed by atoms with Gasteiger partial charge in [-0.15, -0.1) is 0 Å². The van der Waals surface area contributed by atoms with Gasteiger partial charge in [0.2, 0.25) is 11.2 Å². The molecule has 0 spiro atoms. The van der Waals surface area contributed by atoms with Crippen LogP contribution in [0.5, 0.6) is 6.01 Å². The summed E-state index contributed by atoms with van der Waals surface area (Å²) in [4.78, 5) is 14.4. The number of ether oxygens (including phenoxy) is 1. The molecule has 0 aliphatic heterocycles. The van der Waals surface area contributed by atoms with E-state index in [-0.39, 0.29) is 5.28 Å². The van der Waals surface area contributed by atoms with Gasteiger partial charge in [0.25, 0.3) is 0 Å². The monoisotopic (exact) mass is 272 g/mol. The van der Waals surface area contributed by atoms with Gasteiger partial charge in [-0.1, -0.05) is 19.8 Å². The number of unbranched alkanes of at least 4 members (excludes halogenated alkanes) is 2. The van der Waals surface area contributed by atoms with Crippen molar-refractivity contribution < 1.29 is 4.74 Å². The fourth-order valence-electron chi connectivity index (χ4n) is 1.55. The highest BCUT2D eigenvalue weighted by Gasteiger charge is 2.10. The van der Waals surface area contributed by atoms with Crippen LogP contribution in [0.4, 0.5) is 5.95 Å². The molecule has 1 aromatic heterocycles. The fourth-order valence-corrected chi connectivity index (χ4v) is 1.70. The van der Waals surface area contributed by atoms with E-state index in [4.69, 9.17) is 16.3 Å². The zero-order chi connectivity index (χ0) is 13.4. The topological polar surface area (TPSA) is 51.1 Å². The van der Waals surface area contributed by atoms with E-state index in [0.29, 0.717) is 18.6 Å². The van der Waals surface area contributed by atoms with E-state index >= 15 is 0 Å². The van der Waals surface area contributed by atoms with Crippen molar-refractivity contribution >= 4 is 17.5 Å². The maximum absolute atomic E-state index is 5.88. The van der Waals surface area contributed by atoms with Crippen molar-refractivity contribution in [1.29, 1.82) is 0 Å². The summed E-state index contributed by atoms with van der Waals surface area (Å²) in [5.74, 6) is 0.575. The molecule has 0 amide bonds. The van der Waals surface area contributed by atoms with Gasteiger partial charge in [-0.05, 0) is 31.9 Å².